The molecule has 41 heavy (non-hydrogen) atoms. The first-order valence-corrected chi connectivity index (χ1v) is 20.8. The summed E-state index contributed by atoms with van der Waals surface area (Å²) in [5.41, 5.74) is 0. The van der Waals surface area contributed by atoms with E-state index >= 15 is 0 Å². The molecule has 0 aliphatic rings. The molecular weight excluding hydrogens is 563 g/mol. The molecule has 0 aromatic carbocycles. The third-order valence-corrected chi connectivity index (χ3v) is 9.92. The van der Waals surface area contributed by atoms with Gasteiger partial charge in [-0.25, -0.2) is 0 Å². The van der Waals surface area contributed by atoms with E-state index in [4.69, 9.17) is 22.0 Å². The van der Waals surface area contributed by atoms with Gasteiger partial charge in [0.05, 0.1) is 0 Å². The summed E-state index contributed by atoms with van der Waals surface area (Å²) in [6.45, 7) is 0. The van der Waals surface area contributed by atoms with Crippen LogP contribution in [0.3, 0.4) is 0 Å². The molecule has 0 aromatic heterocycles. The second-order valence-corrected chi connectivity index (χ2v) is 16.0. The van der Waals surface area contributed by atoms with E-state index in [2.05, 4.69) is 12.6 Å². The minimum Gasteiger partial charge on any atom is -0.324 e. The maximum absolute atomic E-state index is 10.8. The second kappa shape index (κ2) is 33.5. The molecule has 246 valence electrons. The van der Waals surface area contributed by atoms with Gasteiger partial charge in [-0.1, -0.05) is 205 Å². The summed E-state index contributed by atoms with van der Waals surface area (Å²) in [7, 11) is -3.77. The summed E-state index contributed by atoms with van der Waals surface area (Å²) in [5, 5.41) is 0. The Kier molecular flexibility index (Phi) is 34.0. The van der Waals surface area contributed by atoms with Crippen LogP contribution in [0.4, 0.5) is 0 Å². The Hall–Kier alpha value is 0.590. The monoisotopic (exact) mass is 634 g/mol. The molecule has 0 heterocycles. The van der Waals surface area contributed by atoms with Gasteiger partial charge in [0.15, 0.2) is 0 Å². The van der Waals surface area contributed by atoms with E-state index in [1.54, 1.807) is 0 Å². The number of unbranched alkanes of at least 4 members (excludes halogenated alkanes) is 31. The lowest BCUT2D eigenvalue weighted by Crippen LogP contribution is -1.88. The summed E-state index contributed by atoms with van der Waals surface area (Å²) >= 11 is 9.20. The molecule has 0 rings (SSSR count). The van der Waals surface area contributed by atoms with Crippen molar-refractivity contribution in [1.82, 2.24) is 0 Å². The Morgan fingerprint density at radius 2 is 0.561 bits per heavy atom. The van der Waals surface area contributed by atoms with Crippen molar-refractivity contribution in [1.29, 1.82) is 0 Å². The van der Waals surface area contributed by atoms with Gasteiger partial charge in [0, 0.05) is 10.4 Å². The molecule has 0 aliphatic carbocycles. The van der Waals surface area contributed by atoms with Gasteiger partial charge >= 0.3 is 7.60 Å². The summed E-state index contributed by atoms with van der Waals surface area (Å²) < 4.78 is 11.7. The van der Waals surface area contributed by atoms with Crippen LogP contribution in [0.1, 0.15) is 212 Å². The van der Waals surface area contributed by atoms with E-state index in [1.807, 2.05) is 0 Å². The van der Waals surface area contributed by atoms with E-state index in [1.165, 1.54) is 186 Å². The minimum atomic E-state index is -3.77. The molecule has 0 radical (unpaired) electrons. The van der Waals surface area contributed by atoms with Crippen molar-refractivity contribution in [2.75, 3.05) is 6.16 Å². The lowest BCUT2D eigenvalue weighted by atomic mass is 10.0. The molecule has 0 saturated carbocycles. The van der Waals surface area contributed by atoms with Crippen LogP contribution in [0.15, 0.2) is 0 Å². The molecule has 0 aromatic rings. The zero-order valence-corrected chi connectivity index (χ0v) is 29.8. The highest BCUT2D eigenvalue weighted by Crippen LogP contribution is 2.35. The average Bonchev–Trinajstić information content (AvgIpc) is 2.92. The largest absolute Gasteiger partial charge is 0.325 e. The lowest BCUT2D eigenvalue weighted by Gasteiger charge is -2.05. The van der Waals surface area contributed by atoms with Crippen molar-refractivity contribution in [2.45, 2.75) is 212 Å². The maximum atomic E-state index is 10.8. The van der Waals surface area contributed by atoms with E-state index in [-0.39, 0.29) is 6.16 Å². The molecule has 0 saturated heterocycles. The fraction of sp³-hybridized carbons (Fsp3) is 0.971. The molecule has 0 bridgehead atoms. The molecule has 0 atom stereocenters. The van der Waals surface area contributed by atoms with Crippen LogP contribution in [0.25, 0.3) is 0 Å². The Morgan fingerprint density at radius 3 is 0.732 bits per heavy atom. The smallest absolute Gasteiger partial charge is 0.324 e. The first-order chi connectivity index (χ1) is 19.9. The summed E-state index contributed by atoms with van der Waals surface area (Å²) in [6, 6.07) is 0. The van der Waals surface area contributed by atoms with Gasteiger partial charge in [-0.2, -0.15) is 0 Å². The number of thiol groups is 1. The van der Waals surface area contributed by atoms with Crippen LogP contribution in [0.2, 0.25) is 0 Å². The standard InChI is InChI=1S/C35H71O3PS2/c36-39(37,38)34-32-30-28-26-24-22-20-18-16-14-12-10-8-6-4-2-1-3-5-7-9-11-13-15-17-19-21-23-25-27-29-31-33-35(40)41/h1-34H2,(H,40,41)(H2,36,37,38). The maximum Gasteiger partial charge on any atom is 0.325 e. The van der Waals surface area contributed by atoms with Gasteiger partial charge in [-0.05, 0) is 19.3 Å². The molecule has 0 amide bonds. The zero-order valence-electron chi connectivity index (χ0n) is 27.1. The highest BCUT2D eigenvalue weighted by molar-refractivity contribution is 8.11. The molecule has 2 N–H and O–H groups in total. The van der Waals surface area contributed by atoms with Crippen molar-refractivity contribution >= 4 is 36.6 Å². The van der Waals surface area contributed by atoms with Gasteiger partial charge in [-0.15, -0.1) is 12.6 Å². The molecule has 3 nitrogen and oxygen atoms in total. The Balaban J connectivity index is 3.06. The predicted octanol–water partition coefficient (Wildman–Crippen LogP) is 13.3. The van der Waals surface area contributed by atoms with Gasteiger partial charge in [0.25, 0.3) is 0 Å². The first kappa shape index (κ1) is 41.6. The molecule has 6 heteroatoms. The van der Waals surface area contributed by atoms with E-state index in [9.17, 15) is 4.57 Å². The third-order valence-electron chi connectivity index (χ3n) is 8.59. The normalized spacial score (nSPS) is 11.9. The van der Waals surface area contributed by atoms with Crippen molar-refractivity contribution in [3.8, 4) is 0 Å². The van der Waals surface area contributed by atoms with Crippen LogP contribution in [0.5, 0.6) is 0 Å². The molecule has 0 aliphatic heterocycles. The highest BCUT2D eigenvalue weighted by atomic mass is 32.1. The number of rotatable bonds is 35. The minimum absolute atomic E-state index is 0.0594. The van der Waals surface area contributed by atoms with Gasteiger partial charge in [0.1, 0.15) is 0 Å². The topological polar surface area (TPSA) is 57.5 Å². The molecule has 0 unspecified atom stereocenters. The van der Waals surface area contributed by atoms with E-state index < -0.39 is 7.60 Å². The van der Waals surface area contributed by atoms with Crippen molar-refractivity contribution < 1.29 is 14.4 Å². The fourth-order valence-corrected chi connectivity index (χ4v) is 6.84. The quantitative estimate of drug-likeness (QED) is 0.0281. The zero-order chi connectivity index (χ0) is 30.1. The Bertz CT molecular complexity index is 582. The van der Waals surface area contributed by atoms with Crippen LogP contribution in [0, 0.1) is 0 Å². The van der Waals surface area contributed by atoms with E-state index in [0.29, 0.717) is 6.42 Å². The van der Waals surface area contributed by atoms with Crippen LogP contribution < -0.4 is 0 Å². The lowest BCUT2D eigenvalue weighted by molar-refractivity contribution is 0.370. The molecule has 0 spiro atoms. The highest BCUT2D eigenvalue weighted by Gasteiger charge is 2.10. The van der Waals surface area contributed by atoms with Crippen LogP contribution in [-0.4, -0.2) is 20.1 Å². The predicted molar refractivity (Wildman–Crippen MR) is 191 cm³/mol. The van der Waals surface area contributed by atoms with Gasteiger partial charge in [0.2, 0.25) is 0 Å². The van der Waals surface area contributed by atoms with Crippen molar-refractivity contribution in [2.24, 2.45) is 0 Å². The van der Waals surface area contributed by atoms with Crippen molar-refractivity contribution in [3.05, 3.63) is 0 Å². The summed E-state index contributed by atoms with van der Waals surface area (Å²) in [4.78, 5) is 17.7. The first-order valence-electron chi connectivity index (χ1n) is 18.2. The van der Waals surface area contributed by atoms with Crippen LogP contribution in [-0.2, 0) is 4.57 Å². The summed E-state index contributed by atoms with van der Waals surface area (Å²) in [6.07, 6.45) is 44.6. The average molecular weight is 635 g/mol. The number of hydrogen-bond donors (Lipinski definition) is 3. The molecular formula is C35H71O3PS2. The Labute approximate surface area is 268 Å². The summed E-state index contributed by atoms with van der Waals surface area (Å²) in [5.74, 6) is 0. The third kappa shape index (κ3) is 40.6. The van der Waals surface area contributed by atoms with Crippen LogP contribution >= 0.6 is 32.4 Å². The van der Waals surface area contributed by atoms with Gasteiger partial charge < -0.3 is 9.79 Å². The van der Waals surface area contributed by atoms with Crippen molar-refractivity contribution in [3.63, 3.8) is 0 Å². The van der Waals surface area contributed by atoms with E-state index in [0.717, 1.165) is 23.5 Å². The second-order valence-electron chi connectivity index (χ2n) is 12.8. The number of thiocarbonyl (C=S) groups is 1. The molecule has 0 fully saturated rings. The van der Waals surface area contributed by atoms with Gasteiger partial charge in [-0.3, -0.25) is 4.57 Å². The SMILES string of the molecule is O=P(O)(O)CCCCCCCCCCCCCCCCCCCCCCCCCCCCCCCCCCC(=S)S. The number of hydrogen-bond acceptors (Lipinski definition) is 2. The fourth-order valence-electron chi connectivity index (χ4n) is 5.90. The Morgan fingerprint density at radius 1 is 0.390 bits per heavy atom.